The van der Waals surface area contributed by atoms with Gasteiger partial charge in [-0.2, -0.15) is 0 Å². The summed E-state index contributed by atoms with van der Waals surface area (Å²) < 4.78 is 22.8. The number of hydrogen-bond acceptors (Lipinski definition) is 3. The molecule has 1 rings (SSSR count). The molecule has 12 heavy (non-hydrogen) atoms. The minimum Gasteiger partial charge on any atom is -0.329 e. The molecule has 0 saturated heterocycles. The van der Waals surface area contributed by atoms with Gasteiger partial charge in [0.2, 0.25) is 0 Å². The van der Waals surface area contributed by atoms with Crippen molar-refractivity contribution < 1.29 is 8.42 Å². The first-order valence-electron chi connectivity index (χ1n) is 4.50. The first-order valence-corrected chi connectivity index (χ1v) is 6.15. The van der Waals surface area contributed by atoms with E-state index in [9.17, 15) is 8.42 Å². The Morgan fingerprint density at radius 3 is 2.25 bits per heavy atom. The molecule has 4 heteroatoms. The van der Waals surface area contributed by atoms with Gasteiger partial charge < -0.3 is 5.73 Å². The molecule has 1 fully saturated rings. The van der Waals surface area contributed by atoms with E-state index in [1.54, 1.807) is 0 Å². The quantitative estimate of drug-likeness (QED) is 0.711. The van der Waals surface area contributed by atoms with Crippen LogP contribution in [0.4, 0.5) is 0 Å². The van der Waals surface area contributed by atoms with Gasteiger partial charge in [-0.25, -0.2) is 8.42 Å². The summed E-state index contributed by atoms with van der Waals surface area (Å²) in [6.07, 6.45) is 3.25. The van der Waals surface area contributed by atoms with Crippen LogP contribution in [0.15, 0.2) is 0 Å². The molecule has 0 heterocycles. The Morgan fingerprint density at radius 2 is 2.00 bits per heavy atom. The van der Waals surface area contributed by atoms with Gasteiger partial charge in [0.25, 0.3) is 0 Å². The summed E-state index contributed by atoms with van der Waals surface area (Å²) in [4.78, 5) is 0. The lowest BCUT2D eigenvalue weighted by Crippen LogP contribution is -2.52. The predicted molar refractivity (Wildman–Crippen MR) is 49.7 cm³/mol. The van der Waals surface area contributed by atoms with Gasteiger partial charge in [0.15, 0.2) is 9.84 Å². The molecule has 2 N–H and O–H groups in total. The molecular weight excluding hydrogens is 174 g/mol. The zero-order valence-electron chi connectivity index (χ0n) is 7.54. The fourth-order valence-electron chi connectivity index (χ4n) is 1.70. The zero-order chi connectivity index (χ0) is 9.24. The first-order chi connectivity index (χ1) is 5.58. The lowest BCUT2D eigenvalue weighted by molar-refractivity contribution is 0.344. The molecule has 0 radical (unpaired) electrons. The molecule has 0 atom stereocenters. The maximum atomic E-state index is 11.7. The molecular formula is C8H17NO2S. The van der Waals surface area contributed by atoms with E-state index in [0.29, 0.717) is 18.7 Å². The standard InChI is InChI=1S/C8H17NO2S/c1-2-6-12(10,11)8(7-9)4-3-5-8/h2-7,9H2,1H3. The highest BCUT2D eigenvalue weighted by Gasteiger charge is 2.46. The summed E-state index contributed by atoms with van der Waals surface area (Å²) in [6, 6.07) is 0. The summed E-state index contributed by atoms with van der Waals surface area (Å²) in [5, 5.41) is 0. The largest absolute Gasteiger partial charge is 0.329 e. The molecule has 1 aliphatic rings. The maximum absolute atomic E-state index is 11.7. The Morgan fingerprint density at radius 1 is 1.42 bits per heavy atom. The maximum Gasteiger partial charge on any atom is 0.157 e. The first kappa shape index (κ1) is 9.99. The summed E-state index contributed by atoms with van der Waals surface area (Å²) in [7, 11) is -2.91. The van der Waals surface area contributed by atoms with Crippen molar-refractivity contribution in [2.75, 3.05) is 12.3 Å². The summed E-state index contributed by atoms with van der Waals surface area (Å²) in [6.45, 7) is 2.19. The predicted octanol–water partition coefficient (Wildman–Crippen LogP) is 0.693. The molecule has 0 aliphatic heterocycles. The second kappa shape index (κ2) is 3.34. The van der Waals surface area contributed by atoms with E-state index in [4.69, 9.17) is 5.73 Å². The van der Waals surface area contributed by atoms with Crippen LogP contribution in [0.2, 0.25) is 0 Å². The van der Waals surface area contributed by atoms with Crippen LogP contribution in [0.3, 0.4) is 0 Å². The Labute approximate surface area is 74.3 Å². The van der Waals surface area contributed by atoms with Crippen LogP contribution in [0, 0.1) is 0 Å². The molecule has 3 nitrogen and oxygen atoms in total. The van der Waals surface area contributed by atoms with E-state index in [2.05, 4.69) is 0 Å². The smallest absolute Gasteiger partial charge is 0.157 e. The van der Waals surface area contributed by atoms with E-state index < -0.39 is 14.6 Å². The third-order valence-electron chi connectivity index (χ3n) is 2.77. The van der Waals surface area contributed by atoms with Gasteiger partial charge in [-0.3, -0.25) is 0 Å². The van der Waals surface area contributed by atoms with Crippen LogP contribution in [0.25, 0.3) is 0 Å². The van der Waals surface area contributed by atoms with Crippen LogP contribution < -0.4 is 5.73 Å². The number of rotatable bonds is 4. The second-order valence-electron chi connectivity index (χ2n) is 3.56. The highest BCUT2D eigenvalue weighted by atomic mass is 32.2. The van der Waals surface area contributed by atoms with Gasteiger partial charge in [-0.1, -0.05) is 13.3 Å². The molecule has 0 unspecified atom stereocenters. The van der Waals surface area contributed by atoms with Gasteiger partial charge in [-0.15, -0.1) is 0 Å². The van der Waals surface area contributed by atoms with Crippen molar-refractivity contribution >= 4 is 9.84 Å². The fraction of sp³-hybridized carbons (Fsp3) is 1.00. The molecule has 0 aromatic carbocycles. The van der Waals surface area contributed by atoms with Gasteiger partial charge in [0, 0.05) is 6.54 Å². The Kier molecular flexibility index (Phi) is 2.78. The van der Waals surface area contributed by atoms with Crippen molar-refractivity contribution in [2.24, 2.45) is 5.73 Å². The van der Waals surface area contributed by atoms with E-state index in [0.717, 1.165) is 19.3 Å². The van der Waals surface area contributed by atoms with Crippen molar-refractivity contribution in [3.05, 3.63) is 0 Å². The third-order valence-corrected chi connectivity index (χ3v) is 5.61. The fourth-order valence-corrected chi connectivity index (χ4v) is 3.83. The number of nitrogens with two attached hydrogens (primary N) is 1. The summed E-state index contributed by atoms with van der Waals surface area (Å²) >= 11 is 0. The monoisotopic (exact) mass is 191 g/mol. The highest BCUT2D eigenvalue weighted by Crippen LogP contribution is 2.39. The van der Waals surface area contributed by atoms with E-state index in [-0.39, 0.29) is 0 Å². The minimum absolute atomic E-state index is 0.296. The van der Waals surface area contributed by atoms with E-state index >= 15 is 0 Å². The molecule has 0 aromatic rings. The summed E-state index contributed by atoms with van der Waals surface area (Å²) in [5.41, 5.74) is 5.51. The SMILES string of the molecule is CCCS(=O)(=O)C1(CN)CCC1. The number of hydrogen-bond donors (Lipinski definition) is 1. The molecule has 0 aromatic heterocycles. The normalized spacial score (nSPS) is 21.8. The van der Waals surface area contributed by atoms with Crippen LogP contribution in [-0.2, 0) is 9.84 Å². The van der Waals surface area contributed by atoms with Crippen molar-refractivity contribution in [3.8, 4) is 0 Å². The number of sulfone groups is 1. The minimum atomic E-state index is -2.91. The van der Waals surface area contributed by atoms with Crippen LogP contribution >= 0.6 is 0 Å². The van der Waals surface area contributed by atoms with Gasteiger partial charge >= 0.3 is 0 Å². The second-order valence-corrected chi connectivity index (χ2v) is 6.06. The van der Waals surface area contributed by atoms with Crippen LogP contribution in [-0.4, -0.2) is 25.5 Å². The topological polar surface area (TPSA) is 60.2 Å². The molecule has 1 saturated carbocycles. The molecule has 0 spiro atoms. The van der Waals surface area contributed by atoms with Gasteiger partial charge in [0.1, 0.15) is 0 Å². The van der Waals surface area contributed by atoms with Gasteiger partial charge in [0.05, 0.1) is 10.5 Å². The average molecular weight is 191 g/mol. The average Bonchev–Trinajstić information content (AvgIpc) is 1.84. The van der Waals surface area contributed by atoms with E-state index in [1.807, 2.05) is 6.92 Å². The molecule has 0 bridgehead atoms. The lowest BCUT2D eigenvalue weighted by atomic mass is 9.84. The highest BCUT2D eigenvalue weighted by molar-refractivity contribution is 7.92. The molecule has 0 amide bonds. The summed E-state index contributed by atoms with van der Waals surface area (Å²) in [5.74, 6) is 0.296. The Bertz CT molecular complexity index is 236. The molecule has 72 valence electrons. The Balaban J connectivity index is 2.78. The Hall–Kier alpha value is -0.0900. The lowest BCUT2D eigenvalue weighted by Gasteiger charge is -2.39. The van der Waals surface area contributed by atoms with Crippen LogP contribution in [0.5, 0.6) is 0 Å². The molecule has 1 aliphatic carbocycles. The van der Waals surface area contributed by atoms with Crippen molar-refractivity contribution in [2.45, 2.75) is 37.4 Å². The van der Waals surface area contributed by atoms with Crippen molar-refractivity contribution in [1.29, 1.82) is 0 Å². The van der Waals surface area contributed by atoms with Crippen molar-refractivity contribution in [1.82, 2.24) is 0 Å². The van der Waals surface area contributed by atoms with Crippen molar-refractivity contribution in [3.63, 3.8) is 0 Å². The van der Waals surface area contributed by atoms with E-state index in [1.165, 1.54) is 0 Å². The van der Waals surface area contributed by atoms with Gasteiger partial charge in [-0.05, 0) is 19.3 Å². The van der Waals surface area contributed by atoms with Crippen LogP contribution in [0.1, 0.15) is 32.6 Å². The zero-order valence-corrected chi connectivity index (χ0v) is 8.36. The third kappa shape index (κ3) is 1.38.